The van der Waals surface area contributed by atoms with Gasteiger partial charge in [-0.05, 0) is 42.6 Å². The summed E-state index contributed by atoms with van der Waals surface area (Å²) < 4.78 is 0. The molecule has 0 bridgehead atoms. The molecule has 84 valence electrons. The number of anilines is 1. The molecule has 0 aliphatic heterocycles. The summed E-state index contributed by atoms with van der Waals surface area (Å²) in [5, 5.41) is 4.11. The van der Waals surface area contributed by atoms with E-state index in [0.29, 0.717) is 0 Å². The fourth-order valence-corrected chi connectivity index (χ4v) is 1.34. The summed E-state index contributed by atoms with van der Waals surface area (Å²) in [4.78, 5) is 0. The number of hydrogen-bond acceptors (Lipinski definition) is 2. The number of rotatable bonds is 5. The summed E-state index contributed by atoms with van der Waals surface area (Å²) in [7, 11) is 0. The van der Waals surface area contributed by atoms with Crippen molar-refractivity contribution in [2.75, 3.05) is 18.4 Å². The van der Waals surface area contributed by atoms with E-state index in [-0.39, 0.29) is 5.41 Å². The summed E-state index contributed by atoms with van der Waals surface area (Å²) in [5.41, 5.74) is 6.97. The molecule has 1 aromatic rings. The van der Waals surface area contributed by atoms with Crippen molar-refractivity contribution >= 4 is 17.3 Å². The smallest absolute Gasteiger partial charge is 0.0407 e. The van der Waals surface area contributed by atoms with Crippen molar-refractivity contribution in [3.8, 4) is 0 Å². The molecule has 0 spiro atoms. The lowest BCUT2D eigenvalue weighted by molar-refractivity contribution is 0.358. The summed E-state index contributed by atoms with van der Waals surface area (Å²) in [5.74, 6) is 0. The second-order valence-electron chi connectivity index (χ2n) is 4.55. The van der Waals surface area contributed by atoms with Crippen molar-refractivity contribution in [1.29, 1.82) is 0 Å². The van der Waals surface area contributed by atoms with Crippen LogP contribution in [0, 0.1) is 5.41 Å². The van der Waals surface area contributed by atoms with Crippen LogP contribution in [0.25, 0.3) is 0 Å². The molecule has 0 radical (unpaired) electrons. The first-order valence-electron chi connectivity index (χ1n) is 5.23. The molecule has 0 fully saturated rings. The van der Waals surface area contributed by atoms with Crippen molar-refractivity contribution in [2.45, 2.75) is 20.3 Å². The second kappa shape index (κ2) is 5.38. The van der Waals surface area contributed by atoms with Crippen molar-refractivity contribution in [1.82, 2.24) is 0 Å². The van der Waals surface area contributed by atoms with E-state index in [2.05, 4.69) is 19.2 Å². The van der Waals surface area contributed by atoms with Gasteiger partial charge in [-0.25, -0.2) is 0 Å². The molecule has 1 rings (SSSR count). The molecule has 0 unspecified atom stereocenters. The molecule has 0 heterocycles. The quantitative estimate of drug-likeness (QED) is 0.810. The van der Waals surface area contributed by atoms with Crippen molar-refractivity contribution in [3.63, 3.8) is 0 Å². The maximum absolute atomic E-state index is 5.80. The SMILES string of the molecule is CC(C)(CN)CCNc1ccc(Cl)cc1. The van der Waals surface area contributed by atoms with Crippen molar-refractivity contribution in [3.05, 3.63) is 29.3 Å². The Morgan fingerprint density at radius 2 is 1.87 bits per heavy atom. The Morgan fingerprint density at radius 3 is 2.40 bits per heavy atom. The van der Waals surface area contributed by atoms with Crippen LogP contribution in [0.3, 0.4) is 0 Å². The van der Waals surface area contributed by atoms with Gasteiger partial charge in [0.05, 0.1) is 0 Å². The summed E-state index contributed by atoms with van der Waals surface area (Å²) in [6, 6.07) is 7.74. The van der Waals surface area contributed by atoms with E-state index >= 15 is 0 Å². The number of nitrogens with two attached hydrogens (primary N) is 1. The van der Waals surface area contributed by atoms with E-state index in [9.17, 15) is 0 Å². The average Bonchev–Trinajstić information content (AvgIpc) is 2.21. The maximum Gasteiger partial charge on any atom is 0.0407 e. The lowest BCUT2D eigenvalue weighted by Crippen LogP contribution is -2.26. The minimum absolute atomic E-state index is 0.208. The molecule has 3 heteroatoms. The minimum atomic E-state index is 0.208. The van der Waals surface area contributed by atoms with Gasteiger partial charge in [0.15, 0.2) is 0 Å². The van der Waals surface area contributed by atoms with Crippen LogP contribution < -0.4 is 11.1 Å². The largest absolute Gasteiger partial charge is 0.385 e. The van der Waals surface area contributed by atoms with E-state index in [1.54, 1.807) is 0 Å². The van der Waals surface area contributed by atoms with E-state index < -0.39 is 0 Å². The average molecular weight is 227 g/mol. The van der Waals surface area contributed by atoms with Gasteiger partial charge in [-0.1, -0.05) is 25.4 Å². The molecule has 15 heavy (non-hydrogen) atoms. The highest BCUT2D eigenvalue weighted by molar-refractivity contribution is 6.30. The molecule has 1 aromatic carbocycles. The van der Waals surface area contributed by atoms with Crippen LogP contribution in [-0.4, -0.2) is 13.1 Å². The fraction of sp³-hybridized carbons (Fsp3) is 0.500. The monoisotopic (exact) mass is 226 g/mol. The minimum Gasteiger partial charge on any atom is -0.385 e. The van der Waals surface area contributed by atoms with E-state index in [4.69, 9.17) is 17.3 Å². The Morgan fingerprint density at radius 1 is 1.27 bits per heavy atom. The Hall–Kier alpha value is -0.730. The molecule has 0 amide bonds. The van der Waals surface area contributed by atoms with Gasteiger partial charge < -0.3 is 11.1 Å². The third kappa shape index (κ3) is 4.54. The number of nitrogens with one attached hydrogen (secondary N) is 1. The summed E-state index contributed by atoms with van der Waals surface area (Å²) in [6.45, 7) is 6.01. The fourth-order valence-electron chi connectivity index (χ4n) is 1.22. The first-order valence-corrected chi connectivity index (χ1v) is 5.61. The molecule has 0 aliphatic rings. The number of benzene rings is 1. The molecule has 0 aromatic heterocycles. The van der Waals surface area contributed by atoms with Crippen LogP contribution in [0.1, 0.15) is 20.3 Å². The normalized spacial score (nSPS) is 11.5. The van der Waals surface area contributed by atoms with E-state index in [1.165, 1.54) is 0 Å². The van der Waals surface area contributed by atoms with Gasteiger partial charge in [0.1, 0.15) is 0 Å². The lowest BCUT2D eigenvalue weighted by atomic mass is 9.90. The number of hydrogen-bond donors (Lipinski definition) is 2. The summed E-state index contributed by atoms with van der Waals surface area (Å²) in [6.07, 6.45) is 1.06. The van der Waals surface area contributed by atoms with Crippen LogP contribution >= 0.6 is 11.6 Å². The first kappa shape index (κ1) is 12.3. The predicted molar refractivity (Wildman–Crippen MR) is 67.4 cm³/mol. The van der Waals surface area contributed by atoms with Gasteiger partial charge in [-0.3, -0.25) is 0 Å². The highest BCUT2D eigenvalue weighted by Gasteiger charge is 2.14. The number of halogens is 1. The Kier molecular flexibility index (Phi) is 4.43. The van der Waals surface area contributed by atoms with Gasteiger partial charge in [0, 0.05) is 17.3 Å². The third-order valence-corrected chi connectivity index (χ3v) is 2.78. The maximum atomic E-state index is 5.80. The van der Waals surface area contributed by atoms with Gasteiger partial charge in [0.25, 0.3) is 0 Å². The molecular weight excluding hydrogens is 208 g/mol. The highest BCUT2D eigenvalue weighted by Crippen LogP contribution is 2.19. The second-order valence-corrected chi connectivity index (χ2v) is 4.99. The zero-order valence-electron chi connectivity index (χ0n) is 9.39. The van der Waals surface area contributed by atoms with Crippen molar-refractivity contribution < 1.29 is 0 Å². The molecule has 0 aliphatic carbocycles. The molecular formula is C12H19ClN2. The van der Waals surface area contributed by atoms with Crippen LogP contribution in [0.5, 0.6) is 0 Å². The zero-order chi connectivity index (χ0) is 11.3. The van der Waals surface area contributed by atoms with Crippen LogP contribution in [0.2, 0.25) is 5.02 Å². The van der Waals surface area contributed by atoms with Gasteiger partial charge >= 0.3 is 0 Å². The third-order valence-electron chi connectivity index (χ3n) is 2.53. The first-order chi connectivity index (χ1) is 7.03. The topological polar surface area (TPSA) is 38.0 Å². The standard InChI is InChI=1S/C12H19ClN2/c1-12(2,9-14)7-8-15-11-5-3-10(13)4-6-11/h3-6,15H,7-9,14H2,1-2H3. The Bertz CT molecular complexity index is 293. The molecule has 2 nitrogen and oxygen atoms in total. The Balaban J connectivity index is 2.35. The van der Waals surface area contributed by atoms with Gasteiger partial charge in [-0.15, -0.1) is 0 Å². The molecule has 3 N–H and O–H groups in total. The van der Waals surface area contributed by atoms with Crippen LogP contribution in [0.15, 0.2) is 24.3 Å². The summed E-state index contributed by atoms with van der Waals surface area (Å²) >= 11 is 5.80. The van der Waals surface area contributed by atoms with Gasteiger partial charge in [-0.2, -0.15) is 0 Å². The molecule has 0 atom stereocenters. The van der Waals surface area contributed by atoms with Crippen LogP contribution in [0.4, 0.5) is 5.69 Å². The van der Waals surface area contributed by atoms with Crippen LogP contribution in [-0.2, 0) is 0 Å². The zero-order valence-corrected chi connectivity index (χ0v) is 10.1. The van der Waals surface area contributed by atoms with E-state index in [1.807, 2.05) is 24.3 Å². The van der Waals surface area contributed by atoms with E-state index in [0.717, 1.165) is 30.2 Å². The molecule has 0 saturated heterocycles. The Labute approximate surface area is 96.8 Å². The predicted octanol–water partition coefficient (Wildman–Crippen LogP) is 3.13. The highest BCUT2D eigenvalue weighted by atomic mass is 35.5. The van der Waals surface area contributed by atoms with Crippen molar-refractivity contribution in [2.24, 2.45) is 11.1 Å². The lowest BCUT2D eigenvalue weighted by Gasteiger charge is -2.22. The van der Waals surface area contributed by atoms with Gasteiger partial charge in [0.2, 0.25) is 0 Å². The molecule has 0 saturated carbocycles.